The van der Waals surface area contributed by atoms with Crippen LogP contribution in [-0.2, 0) is 9.53 Å². The van der Waals surface area contributed by atoms with Crippen molar-refractivity contribution in [2.75, 3.05) is 11.9 Å². The Bertz CT molecular complexity index is 774. The van der Waals surface area contributed by atoms with E-state index in [0.717, 1.165) is 12.0 Å². The zero-order valence-electron chi connectivity index (χ0n) is 15.0. The summed E-state index contributed by atoms with van der Waals surface area (Å²) in [5, 5.41) is 3.40. The van der Waals surface area contributed by atoms with Crippen LogP contribution in [0, 0.1) is 6.92 Å². The highest BCUT2D eigenvalue weighted by Gasteiger charge is 2.16. The first-order chi connectivity index (χ1) is 12.4. The molecule has 0 saturated carbocycles. The van der Waals surface area contributed by atoms with Gasteiger partial charge in [0, 0.05) is 10.7 Å². The van der Waals surface area contributed by atoms with Gasteiger partial charge in [0.1, 0.15) is 5.75 Å². The molecule has 0 unspecified atom stereocenters. The van der Waals surface area contributed by atoms with Gasteiger partial charge >= 0.3 is 5.97 Å². The first kappa shape index (κ1) is 19.8. The number of halogens is 1. The van der Waals surface area contributed by atoms with Crippen molar-refractivity contribution in [2.45, 2.75) is 33.3 Å². The highest BCUT2D eigenvalue weighted by Crippen LogP contribution is 2.22. The van der Waals surface area contributed by atoms with Crippen LogP contribution in [0.5, 0.6) is 5.75 Å². The van der Waals surface area contributed by atoms with Gasteiger partial charge in [0.05, 0.1) is 12.2 Å². The van der Waals surface area contributed by atoms with Crippen LogP contribution < -0.4 is 10.1 Å². The van der Waals surface area contributed by atoms with E-state index in [1.807, 2.05) is 13.8 Å². The zero-order chi connectivity index (χ0) is 19.1. The minimum Gasteiger partial charge on any atom is -0.481 e. The van der Waals surface area contributed by atoms with E-state index in [0.29, 0.717) is 28.6 Å². The third-order valence-electron chi connectivity index (χ3n) is 3.64. The molecule has 0 spiro atoms. The monoisotopic (exact) mass is 375 g/mol. The molecule has 0 aromatic heterocycles. The molecule has 1 N–H and O–H groups in total. The van der Waals surface area contributed by atoms with Crippen LogP contribution in [-0.4, -0.2) is 24.6 Å². The van der Waals surface area contributed by atoms with E-state index >= 15 is 0 Å². The number of carbonyl (C=O) groups excluding carboxylic acids is 2. The molecule has 0 aliphatic rings. The standard InChI is InChI=1S/C20H22ClNO4/c1-4-11-25-20(24)15-5-7-16(8-6-15)22-19(23)14(3)26-17-9-10-18(21)13(2)12-17/h5-10,12,14H,4,11H2,1-3H3,(H,22,23)/t14-/m0/s1. The molecular formula is C20H22ClNO4. The van der Waals surface area contributed by atoms with Gasteiger partial charge in [0.25, 0.3) is 5.91 Å². The molecule has 0 radical (unpaired) electrons. The van der Waals surface area contributed by atoms with Gasteiger partial charge in [-0.2, -0.15) is 0 Å². The topological polar surface area (TPSA) is 64.6 Å². The minimum atomic E-state index is -0.690. The van der Waals surface area contributed by atoms with Crippen molar-refractivity contribution in [2.24, 2.45) is 0 Å². The van der Waals surface area contributed by atoms with Crippen molar-refractivity contribution in [1.82, 2.24) is 0 Å². The SMILES string of the molecule is CCCOC(=O)c1ccc(NC(=O)[C@H](C)Oc2ccc(Cl)c(C)c2)cc1. The minimum absolute atomic E-state index is 0.293. The van der Waals surface area contributed by atoms with Crippen LogP contribution in [0.4, 0.5) is 5.69 Å². The molecule has 1 atom stereocenters. The summed E-state index contributed by atoms with van der Waals surface area (Å²) < 4.78 is 10.7. The van der Waals surface area contributed by atoms with Gasteiger partial charge in [0.2, 0.25) is 0 Å². The Morgan fingerprint density at radius 3 is 2.46 bits per heavy atom. The third-order valence-corrected chi connectivity index (χ3v) is 4.06. The third kappa shape index (κ3) is 5.49. The summed E-state index contributed by atoms with van der Waals surface area (Å²) in [7, 11) is 0. The summed E-state index contributed by atoms with van der Waals surface area (Å²) in [6.45, 7) is 5.85. The number of carbonyl (C=O) groups is 2. The quantitative estimate of drug-likeness (QED) is 0.717. The summed E-state index contributed by atoms with van der Waals surface area (Å²) in [5.74, 6) is -0.0954. The molecule has 2 rings (SSSR count). The first-order valence-electron chi connectivity index (χ1n) is 8.41. The normalized spacial score (nSPS) is 11.5. The summed E-state index contributed by atoms with van der Waals surface area (Å²) in [4.78, 5) is 24.0. The molecule has 0 bridgehead atoms. The Morgan fingerprint density at radius 1 is 1.15 bits per heavy atom. The smallest absolute Gasteiger partial charge is 0.338 e. The molecule has 5 nitrogen and oxygen atoms in total. The Hall–Kier alpha value is -2.53. The number of amides is 1. The van der Waals surface area contributed by atoms with Crippen molar-refractivity contribution < 1.29 is 19.1 Å². The number of rotatable bonds is 7. The van der Waals surface area contributed by atoms with Crippen molar-refractivity contribution >= 4 is 29.2 Å². The molecule has 0 fully saturated rings. The molecule has 0 heterocycles. The molecule has 0 aliphatic heterocycles. The number of hydrogen-bond donors (Lipinski definition) is 1. The van der Waals surface area contributed by atoms with Crippen LogP contribution >= 0.6 is 11.6 Å². The Labute approximate surface area is 158 Å². The summed E-state index contributed by atoms with van der Waals surface area (Å²) in [6.07, 6.45) is 0.0787. The largest absolute Gasteiger partial charge is 0.481 e. The fraction of sp³-hybridized carbons (Fsp3) is 0.300. The highest BCUT2D eigenvalue weighted by molar-refractivity contribution is 6.31. The van der Waals surface area contributed by atoms with E-state index in [4.69, 9.17) is 21.1 Å². The molecule has 138 valence electrons. The Kier molecular flexibility index (Phi) is 7.04. The maximum atomic E-state index is 12.3. The molecule has 1 amide bonds. The van der Waals surface area contributed by atoms with E-state index in [1.54, 1.807) is 49.4 Å². The predicted molar refractivity (Wildman–Crippen MR) is 102 cm³/mol. The van der Waals surface area contributed by atoms with Crippen molar-refractivity contribution in [3.05, 3.63) is 58.6 Å². The average molecular weight is 376 g/mol. The lowest BCUT2D eigenvalue weighted by molar-refractivity contribution is -0.122. The van der Waals surface area contributed by atoms with Crippen LogP contribution in [0.15, 0.2) is 42.5 Å². The van der Waals surface area contributed by atoms with Crippen LogP contribution in [0.2, 0.25) is 5.02 Å². The average Bonchev–Trinajstić information content (AvgIpc) is 2.63. The number of ether oxygens (including phenoxy) is 2. The number of anilines is 1. The fourth-order valence-corrected chi connectivity index (χ4v) is 2.28. The van der Waals surface area contributed by atoms with E-state index in [1.165, 1.54) is 0 Å². The van der Waals surface area contributed by atoms with Gasteiger partial charge in [-0.1, -0.05) is 18.5 Å². The molecule has 26 heavy (non-hydrogen) atoms. The number of hydrogen-bond acceptors (Lipinski definition) is 4. The Morgan fingerprint density at radius 2 is 1.85 bits per heavy atom. The van der Waals surface area contributed by atoms with Gasteiger partial charge in [0.15, 0.2) is 6.10 Å². The van der Waals surface area contributed by atoms with Gasteiger partial charge < -0.3 is 14.8 Å². The molecule has 0 aliphatic carbocycles. The van der Waals surface area contributed by atoms with Crippen molar-refractivity contribution in [3.8, 4) is 5.75 Å². The fourth-order valence-electron chi connectivity index (χ4n) is 2.16. The van der Waals surface area contributed by atoms with Gasteiger partial charge in [-0.15, -0.1) is 0 Å². The van der Waals surface area contributed by atoms with E-state index < -0.39 is 6.10 Å². The van der Waals surface area contributed by atoms with Crippen molar-refractivity contribution in [1.29, 1.82) is 0 Å². The Balaban J connectivity index is 1.93. The highest BCUT2D eigenvalue weighted by atomic mass is 35.5. The summed E-state index contributed by atoms with van der Waals surface area (Å²) in [5.41, 5.74) is 1.89. The van der Waals surface area contributed by atoms with Gasteiger partial charge in [-0.05, 0) is 68.3 Å². The molecular weight excluding hydrogens is 354 g/mol. The van der Waals surface area contributed by atoms with E-state index in [-0.39, 0.29) is 11.9 Å². The second-order valence-electron chi connectivity index (χ2n) is 5.87. The molecule has 2 aromatic carbocycles. The van der Waals surface area contributed by atoms with Gasteiger partial charge in [-0.25, -0.2) is 4.79 Å². The number of esters is 1. The lowest BCUT2D eigenvalue weighted by Gasteiger charge is -2.15. The molecule has 2 aromatic rings. The summed E-state index contributed by atoms with van der Waals surface area (Å²) in [6, 6.07) is 11.8. The molecule has 0 saturated heterocycles. The van der Waals surface area contributed by atoms with Crippen LogP contribution in [0.1, 0.15) is 36.2 Å². The maximum absolute atomic E-state index is 12.3. The van der Waals surface area contributed by atoms with Crippen molar-refractivity contribution in [3.63, 3.8) is 0 Å². The predicted octanol–water partition coefficient (Wildman–Crippen LogP) is 4.62. The van der Waals surface area contributed by atoms with Gasteiger partial charge in [-0.3, -0.25) is 4.79 Å². The number of nitrogens with one attached hydrogen (secondary N) is 1. The molecule has 6 heteroatoms. The first-order valence-corrected chi connectivity index (χ1v) is 8.79. The van der Waals surface area contributed by atoms with E-state index in [9.17, 15) is 9.59 Å². The lowest BCUT2D eigenvalue weighted by atomic mass is 10.2. The lowest BCUT2D eigenvalue weighted by Crippen LogP contribution is -2.30. The number of benzene rings is 2. The number of aryl methyl sites for hydroxylation is 1. The van der Waals surface area contributed by atoms with E-state index in [2.05, 4.69) is 5.32 Å². The van der Waals surface area contributed by atoms with Crippen LogP contribution in [0.25, 0.3) is 0 Å². The zero-order valence-corrected chi connectivity index (χ0v) is 15.8. The second kappa shape index (κ2) is 9.25. The summed E-state index contributed by atoms with van der Waals surface area (Å²) >= 11 is 5.98. The second-order valence-corrected chi connectivity index (χ2v) is 6.28. The maximum Gasteiger partial charge on any atom is 0.338 e. The van der Waals surface area contributed by atoms with Crippen LogP contribution in [0.3, 0.4) is 0 Å².